The number of pyridine rings is 1. The lowest BCUT2D eigenvalue weighted by Gasteiger charge is -2.24. The third-order valence-corrected chi connectivity index (χ3v) is 5.98. The molecule has 1 aliphatic heterocycles. The predicted octanol–water partition coefficient (Wildman–Crippen LogP) is 4.80. The summed E-state index contributed by atoms with van der Waals surface area (Å²) in [4.78, 5) is 33.2. The van der Waals surface area contributed by atoms with Gasteiger partial charge in [0.05, 0.1) is 16.3 Å². The zero-order valence-corrected chi connectivity index (χ0v) is 20.1. The minimum Gasteiger partial charge on any atom is -0.365 e. The Labute approximate surface area is 210 Å². The van der Waals surface area contributed by atoms with Gasteiger partial charge in [0.2, 0.25) is 0 Å². The maximum absolute atomic E-state index is 15.0. The minimum absolute atomic E-state index is 0.0479. The molecule has 0 bridgehead atoms. The number of nitrogens with zero attached hydrogens (tertiary/aromatic N) is 3. The molecule has 1 fully saturated rings. The molecule has 0 unspecified atom stereocenters. The Morgan fingerprint density at radius 3 is 2.36 bits per heavy atom. The Kier molecular flexibility index (Phi) is 7.76. The van der Waals surface area contributed by atoms with Crippen LogP contribution in [0, 0.1) is 17.5 Å². The normalized spacial score (nSPS) is 14.3. The van der Waals surface area contributed by atoms with Crippen molar-refractivity contribution in [2.45, 2.75) is 6.42 Å². The summed E-state index contributed by atoms with van der Waals surface area (Å²) in [5.74, 6) is -3.90. The lowest BCUT2D eigenvalue weighted by molar-refractivity contribution is 0.102. The highest BCUT2D eigenvalue weighted by atomic mass is 35.5. The molecule has 2 N–H and O–H groups in total. The molecule has 2 heterocycles. The average molecular weight is 518 g/mol. The number of carbonyl (C=O) groups excluding carboxylic acids is 2. The SMILES string of the molecule is CN1CCCN(c2c(F)cc(C(=O)Nc3ccc(F)cc3C(=O)Nc3ccc(Cl)cn3)cc2F)CC1. The predicted molar refractivity (Wildman–Crippen MR) is 132 cm³/mol. The Hall–Kier alpha value is -3.63. The second-order valence-corrected chi connectivity index (χ2v) is 8.83. The fourth-order valence-electron chi connectivity index (χ4n) is 3.91. The second-order valence-electron chi connectivity index (χ2n) is 8.39. The van der Waals surface area contributed by atoms with E-state index in [1.165, 1.54) is 24.4 Å². The van der Waals surface area contributed by atoms with Crippen LogP contribution in [0.2, 0.25) is 5.02 Å². The summed E-state index contributed by atoms with van der Waals surface area (Å²) in [5.41, 5.74) is -0.713. The maximum Gasteiger partial charge on any atom is 0.259 e. The van der Waals surface area contributed by atoms with Gasteiger partial charge in [0.15, 0.2) is 0 Å². The average Bonchev–Trinajstić information content (AvgIpc) is 3.05. The van der Waals surface area contributed by atoms with Gasteiger partial charge in [0.1, 0.15) is 29.0 Å². The van der Waals surface area contributed by atoms with E-state index in [1.807, 2.05) is 7.05 Å². The zero-order valence-electron chi connectivity index (χ0n) is 19.3. The van der Waals surface area contributed by atoms with Crippen molar-refractivity contribution in [2.75, 3.05) is 48.8 Å². The summed E-state index contributed by atoms with van der Waals surface area (Å²) in [6.45, 7) is 2.41. The van der Waals surface area contributed by atoms with Crippen molar-refractivity contribution in [3.63, 3.8) is 0 Å². The maximum atomic E-state index is 15.0. The van der Waals surface area contributed by atoms with Gasteiger partial charge in [-0.1, -0.05) is 11.6 Å². The van der Waals surface area contributed by atoms with Crippen LogP contribution in [0.25, 0.3) is 0 Å². The number of benzene rings is 2. The van der Waals surface area contributed by atoms with Crippen LogP contribution >= 0.6 is 11.6 Å². The highest BCUT2D eigenvalue weighted by Crippen LogP contribution is 2.27. The molecule has 0 spiro atoms. The number of rotatable bonds is 5. The summed E-state index contributed by atoms with van der Waals surface area (Å²) in [6.07, 6.45) is 2.07. The van der Waals surface area contributed by atoms with Crippen molar-refractivity contribution in [3.8, 4) is 0 Å². The number of anilines is 3. The molecule has 0 aliphatic carbocycles. The van der Waals surface area contributed by atoms with E-state index in [9.17, 15) is 22.8 Å². The van der Waals surface area contributed by atoms with E-state index in [2.05, 4.69) is 20.5 Å². The molecule has 4 rings (SSSR count). The van der Waals surface area contributed by atoms with Gasteiger partial charge >= 0.3 is 0 Å². The minimum atomic E-state index is -0.865. The van der Waals surface area contributed by atoms with E-state index in [-0.39, 0.29) is 28.3 Å². The lowest BCUT2D eigenvalue weighted by Crippen LogP contribution is -2.30. The molecule has 188 valence electrons. The highest BCUT2D eigenvalue weighted by molar-refractivity contribution is 6.30. The first-order valence-electron chi connectivity index (χ1n) is 11.2. The molecule has 36 heavy (non-hydrogen) atoms. The van der Waals surface area contributed by atoms with Crippen LogP contribution in [-0.4, -0.2) is 54.9 Å². The number of nitrogens with one attached hydrogen (secondary N) is 2. The van der Waals surface area contributed by atoms with E-state index in [4.69, 9.17) is 11.6 Å². The van der Waals surface area contributed by atoms with Gasteiger partial charge in [-0.3, -0.25) is 9.59 Å². The van der Waals surface area contributed by atoms with Crippen LogP contribution in [0.4, 0.5) is 30.4 Å². The number of aromatic nitrogens is 1. The monoisotopic (exact) mass is 517 g/mol. The number of likely N-dealkylation sites (N-methyl/N-ethyl adjacent to an activating group) is 1. The zero-order chi connectivity index (χ0) is 25.8. The smallest absolute Gasteiger partial charge is 0.259 e. The first kappa shape index (κ1) is 25.5. The van der Waals surface area contributed by atoms with Crippen molar-refractivity contribution in [1.29, 1.82) is 0 Å². The van der Waals surface area contributed by atoms with Crippen LogP contribution in [0.5, 0.6) is 0 Å². The molecule has 2 aromatic carbocycles. The van der Waals surface area contributed by atoms with E-state index < -0.39 is 29.3 Å². The first-order chi connectivity index (χ1) is 17.2. The van der Waals surface area contributed by atoms with Gasteiger partial charge in [-0.15, -0.1) is 0 Å². The van der Waals surface area contributed by atoms with Gasteiger partial charge in [-0.25, -0.2) is 18.2 Å². The van der Waals surface area contributed by atoms with Gasteiger partial charge < -0.3 is 20.4 Å². The summed E-state index contributed by atoms with van der Waals surface area (Å²) in [5, 5.41) is 5.28. The Morgan fingerprint density at radius 2 is 1.67 bits per heavy atom. The Morgan fingerprint density at radius 1 is 0.917 bits per heavy atom. The first-order valence-corrected chi connectivity index (χ1v) is 11.6. The second kappa shape index (κ2) is 11.0. The molecule has 11 heteroatoms. The highest BCUT2D eigenvalue weighted by Gasteiger charge is 2.23. The number of carbonyl (C=O) groups is 2. The van der Waals surface area contributed by atoms with Gasteiger partial charge in [-0.05, 0) is 62.5 Å². The molecule has 0 atom stereocenters. The number of hydrogen-bond donors (Lipinski definition) is 2. The third-order valence-electron chi connectivity index (χ3n) is 5.76. The van der Waals surface area contributed by atoms with Gasteiger partial charge in [0, 0.05) is 31.4 Å². The Balaban J connectivity index is 1.55. The topological polar surface area (TPSA) is 77.6 Å². The van der Waals surface area contributed by atoms with Gasteiger partial charge in [0.25, 0.3) is 11.8 Å². The summed E-state index contributed by atoms with van der Waals surface area (Å²) >= 11 is 5.79. The number of amides is 2. The summed E-state index contributed by atoms with van der Waals surface area (Å²) in [6, 6.07) is 8.02. The van der Waals surface area contributed by atoms with Crippen molar-refractivity contribution in [2.24, 2.45) is 0 Å². The van der Waals surface area contributed by atoms with Crippen LogP contribution in [0.1, 0.15) is 27.1 Å². The van der Waals surface area contributed by atoms with E-state index in [0.717, 1.165) is 37.2 Å². The molecule has 1 aliphatic rings. The van der Waals surface area contributed by atoms with Crippen LogP contribution in [0.15, 0.2) is 48.7 Å². The molecular weight excluding hydrogens is 495 g/mol. The van der Waals surface area contributed by atoms with Crippen LogP contribution in [0.3, 0.4) is 0 Å². The Bertz CT molecular complexity index is 1270. The van der Waals surface area contributed by atoms with E-state index in [0.29, 0.717) is 24.7 Å². The fourth-order valence-corrected chi connectivity index (χ4v) is 4.02. The standard InChI is InChI=1S/C25H23ClF3N5O2/c1-33-7-2-8-34(10-9-33)23-19(28)11-15(12-20(23)29)24(35)31-21-5-4-17(27)13-18(21)25(36)32-22-6-3-16(26)14-30-22/h3-6,11-14H,2,7-10H2,1H3,(H,31,35)(H,30,32,36). The van der Waals surface area contributed by atoms with E-state index in [1.54, 1.807) is 4.90 Å². The summed E-state index contributed by atoms with van der Waals surface area (Å²) < 4.78 is 43.8. The van der Waals surface area contributed by atoms with Crippen LogP contribution < -0.4 is 15.5 Å². The number of hydrogen-bond acceptors (Lipinski definition) is 5. The quantitative estimate of drug-likeness (QED) is 0.508. The van der Waals surface area contributed by atoms with Crippen molar-refractivity contribution in [1.82, 2.24) is 9.88 Å². The largest absolute Gasteiger partial charge is 0.365 e. The molecule has 1 aromatic heterocycles. The molecule has 0 radical (unpaired) electrons. The molecule has 0 saturated carbocycles. The molecule has 2 amide bonds. The number of halogens is 4. The van der Waals surface area contributed by atoms with Gasteiger partial charge in [-0.2, -0.15) is 0 Å². The molecule has 7 nitrogen and oxygen atoms in total. The lowest BCUT2D eigenvalue weighted by atomic mass is 10.1. The van der Waals surface area contributed by atoms with Crippen molar-refractivity contribution < 1.29 is 22.8 Å². The summed E-state index contributed by atoms with van der Waals surface area (Å²) in [7, 11) is 1.94. The van der Waals surface area contributed by atoms with Crippen molar-refractivity contribution >= 4 is 40.6 Å². The molecule has 3 aromatic rings. The fraction of sp³-hybridized carbons (Fsp3) is 0.240. The molecule has 1 saturated heterocycles. The third kappa shape index (κ3) is 5.95. The van der Waals surface area contributed by atoms with Crippen molar-refractivity contribution in [3.05, 3.63) is 82.3 Å². The molecular formula is C25H23ClF3N5O2. The van der Waals surface area contributed by atoms with Crippen LogP contribution in [-0.2, 0) is 0 Å². The van der Waals surface area contributed by atoms with E-state index >= 15 is 0 Å².